The van der Waals surface area contributed by atoms with Crippen molar-refractivity contribution in [3.8, 4) is 0 Å². The molecular weight excluding hydrogens is 292 g/mol. The Hall–Kier alpha value is -1.66. The van der Waals surface area contributed by atoms with Crippen molar-refractivity contribution in [3.63, 3.8) is 0 Å². The Morgan fingerprint density at radius 1 is 1.39 bits per heavy atom. The van der Waals surface area contributed by atoms with E-state index in [1.807, 2.05) is 4.90 Å². The van der Waals surface area contributed by atoms with Gasteiger partial charge in [0.25, 0.3) is 0 Å². The van der Waals surface area contributed by atoms with E-state index in [1.165, 1.54) is 17.0 Å². The van der Waals surface area contributed by atoms with Crippen molar-refractivity contribution < 1.29 is 9.90 Å². The molecule has 0 radical (unpaired) electrons. The molecule has 0 aromatic carbocycles. The SMILES string of the molecule is CC(C)=CCN1CCc2[nH]cnc2C12CCN(CC(=O)O)CC2. The van der Waals surface area contributed by atoms with Gasteiger partial charge in [-0.05, 0) is 26.7 Å². The molecule has 1 spiro atoms. The minimum absolute atomic E-state index is 0.0471. The number of carboxylic acids is 1. The first-order valence-electron chi connectivity index (χ1n) is 8.36. The van der Waals surface area contributed by atoms with E-state index in [-0.39, 0.29) is 12.1 Å². The highest BCUT2D eigenvalue weighted by Crippen LogP contribution is 2.42. The summed E-state index contributed by atoms with van der Waals surface area (Å²) in [7, 11) is 0. The minimum Gasteiger partial charge on any atom is -0.480 e. The Morgan fingerprint density at radius 2 is 2.13 bits per heavy atom. The number of piperidine rings is 1. The number of carbonyl (C=O) groups is 1. The summed E-state index contributed by atoms with van der Waals surface area (Å²) < 4.78 is 0. The number of fused-ring (bicyclic) bond motifs is 2. The lowest BCUT2D eigenvalue weighted by molar-refractivity contribution is -0.139. The van der Waals surface area contributed by atoms with E-state index < -0.39 is 5.97 Å². The summed E-state index contributed by atoms with van der Waals surface area (Å²) in [6.45, 7) is 7.98. The molecule has 1 fully saturated rings. The lowest BCUT2D eigenvalue weighted by Gasteiger charge is -2.50. The molecule has 6 nitrogen and oxygen atoms in total. The van der Waals surface area contributed by atoms with E-state index in [9.17, 15) is 4.79 Å². The summed E-state index contributed by atoms with van der Waals surface area (Å²) in [5, 5.41) is 9.01. The van der Waals surface area contributed by atoms with Crippen LogP contribution in [0.1, 0.15) is 38.1 Å². The Balaban J connectivity index is 1.83. The number of aromatic amines is 1. The van der Waals surface area contributed by atoms with Gasteiger partial charge in [-0.1, -0.05) is 11.6 Å². The first kappa shape index (κ1) is 16.2. The van der Waals surface area contributed by atoms with Gasteiger partial charge in [0.05, 0.1) is 24.1 Å². The van der Waals surface area contributed by atoms with Gasteiger partial charge in [0.15, 0.2) is 0 Å². The van der Waals surface area contributed by atoms with Crippen molar-refractivity contribution in [2.45, 2.75) is 38.6 Å². The molecule has 6 heteroatoms. The highest BCUT2D eigenvalue weighted by atomic mass is 16.4. The molecule has 0 saturated carbocycles. The first-order valence-corrected chi connectivity index (χ1v) is 8.36. The third-order valence-electron chi connectivity index (χ3n) is 5.16. The fourth-order valence-electron chi connectivity index (χ4n) is 3.91. The van der Waals surface area contributed by atoms with Crippen molar-refractivity contribution in [2.75, 3.05) is 32.7 Å². The molecule has 23 heavy (non-hydrogen) atoms. The summed E-state index contributed by atoms with van der Waals surface area (Å²) in [5.74, 6) is -0.744. The summed E-state index contributed by atoms with van der Waals surface area (Å²) in [6.07, 6.45) is 6.97. The fraction of sp³-hybridized carbons (Fsp3) is 0.647. The topological polar surface area (TPSA) is 72.5 Å². The normalized spacial score (nSPS) is 21.1. The molecule has 2 aliphatic rings. The Morgan fingerprint density at radius 3 is 2.78 bits per heavy atom. The number of likely N-dealkylation sites (tertiary alicyclic amines) is 1. The zero-order valence-corrected chi connectivity index (χ0v) is 14.0. The van der Waals surface area contributed by atoms with Crippen LogP contribution in [0.25, 0.3) is 0 Å². The van der Waals surface area contributed by atoms with Gasteiger partial charge < -0.3 is 10.1 Å². The number of allylic oxidation sites excluding steroid dienone is 1. The van der Waals surface area contributed by atoms with Crippen LogP contribution in [0.2, 0.25) is 0 Å². The molecule has 3 heterocycles. The second-order valence-electron chi connectivity index (χ2n) is 6.91. The van der Waals surface area contributed by atoms with Gasteiger partial charge in [-0.2, -0.15) is 0 Å². The van der Waals surface area contributed by atoms with Crippen molar-refractivity contribution in [1.82, 2.24) is 19.8 Å². The van der Waals surface area contributed by atoms with Gasteiger partial charge in [-0.3, -0.25) is 14.6 Å². The molecule has 0 bridgehead atoms. The van der Waals surface area contributed by atoms with Crippen LogP contribution in [-0.4, -0.2) is 63.6 Å². The third kappa shape index (κ3) is 3.19. The Labute approximate surface area is 137 Å². The number of nitrogens with one attached hydrogen (secondary N) is 1. The van der Waals surface area contributed by atoms with Gasteiger partial charge >= 0.3 is 5.97 Å². The van der Waals surface area contributed by atoms with Crippen molar-refractivity contribution in [3.05, 3.63) is 29.4 Å². The van der Waals surface area contributed by atoms with Gasteiger partial charge in [-0.25, -0.2) is 4.98 Å². The van der Waals surface area contributed by atoms with E-state index in [2.05, 4.69) is 34.8 Å². The smallest absolute Gasteiger partial charge is 0.317 e. The van der Waals surface area contributed by atoms with Crippen LogP contribution in [0.3, 0.4) is 0 Å². The molecule has 0 unspecified atom stereocenters. The molecule has 126 valence electrons. The number of imidazole rings is 1. The zero-order chi connectivity index (χ0) is 16.4. The molecule has 1 aromatic rings. The average Bonchev–Trinajstić information content (AvgIpc) is 2.98. The van der Waals surface area contributed by atoms with Crippen molar-refractivity contribution in [2.24, 2.45) is 0 Å². The third-order valence-corrected chi connectivity index (χ3v) is 5.16. The first-order chi connectivity index (χ1) is 11.0. The molecule has 3 rings (SSSR count). The summed E-state index contributed by atoms with van der Waals surface area (Å²) in [5.41, 5.74) is 3.72. The Bertz CT molecular complexity index is 595. The summed E-state index contributed by atoms with van der Waals surface area (Å²) >= 11 is 0. The number of aliphatic carboxylic acids is 1. The number of rotatable bonds is 4. The van der Waals surface area contributed by atoms with E-state index in [0.717, 1.165) is 45.4 Å². The zero-order valence-electron chi connectivity index (χ0n) is 14.0. The van der Waals surface area contributed by atoms with Crippen LogP contribution in [0.5, 0.6) is 0 Å². The van der Waals surface area contributed by atoms with Gasteiger partial charge in [0.1, 0.15) is 0 Å². The maximum Gasteiger partial charge on any atom is 0.317 e. The van der Waals surface area contributed by atoms with E-state index in [4.69, 9.17) is 5.11 Å². The highest BCUT2D eigenvalue weighted by Gasteiger charge is 2.46. The lowest BCUT2D eigenvalue weighted by Crippen LogP contribution is -2.56. The van der Waals surface area contributed by atoms with Gasteiger partial charge in [0.2, 0.25) is 0 Å². The second-order valence-corrected chi connectivity index (χ2v) is 6.91. The minimum atomic E-state index is -0.744. The van der Waals surface area contributed by atoms with E-state index in [1.54, 1.807) is 6.33 Å². The number of carboxylic acid groups (broad SMARTS) is 1. The van der Waals surface area contributed by atoms with Crippen LogP contribution < -0.4 is 0 Å². The van der Waals surface area contributed by atoms with Crippen molar-refractivity contribution in [1.29, 1.82) is 0 Å². The predicted molar refractivity (Wildman–Crippen MR) is 88.3 cm³/mol. The summed E-state index contributed by atoms with van der Waals surface area (Å²) in [6, 6.07) is 0. The lowest BCUT2D eigenvalue weighted by atomic mass is 9.78. The van der Waals surface area contributed by atoms with Crippen LogP contribution in [0.15, 0.2) is 18.0 Å². The van der Waals surface area contributed by atoms with Gasteiger partial charge in [-0.15, -0.1) is 0 Å². The number of nitrogens with zero attached hydrogens (tertiary/aromatic N) is 3. The number of hydrogen-bond donors (Lipinski definition) is 2. The largest absolute Gasteiger partial charge is 0.480 e. The van der Waals surface area contributed by atoms with E-state index >= 15 is 0 Å². The maximum atomic E-state index is 11.0. The Kier molecular flexibility index (Phi) is 4.55. The molecule has 2 N–H and O–H groups in total. The van der Waals surface area contributed by atoms with E-state index in [0.29, 0.717) is 0 Å². The fourth-order valence-corrected chi connectivity index (χ4v) is 3.91. The molecule has 0 amide bonds. The molecule has 1 aromatic heterocycles. The maximum absolute atomic E-state index is 11.0. The molecule has 2 aliphatic heterocycles. The second kappa shape index (κ2) is 6.45. The molecule has 0 aliphatic carbocycles. The van der Waals surface area contributed by atoms with Crippen LogP contribution in [0.4, 0.5) is 0 Å². The van der Waals surface area contributed by atoms with Crippen LogP contribution in [-0.2, 0) is 16.8 Å². The average molecular weight is 318 g/mol. The molecule has 0 atom stereocenters. The predicted octanol–water partition coefficient (Wildman–Crippen LogP) is 1.61. The van der Waals surface area contributed by atoms with Crippen molar-refractivity contribution >= 4 is 5.97 Å². The number of H-pyrrole nitrogens is 1. The molecule has 1 saturated heterocycles. The quantitative estimate of drug-likeness (QED) is 0.825. The number of aromatic nitrogens is 2. The highest BCUT2D eigenvalue weighted by molar-refractivity contribution is 5.69. The number of hydrogen-bond acceptors (Lipinski definition) is 4. The molecular formula is C17H26N4O2. The monoisotopic (exact) mass is 318 g/mol. The van der Waals surface area contributed by atoms with Crippen LogP contribution in [0, 0.1) is 0 Å². The summed E-state index contributed by atoms with van der Waals surface area (Å²) in [4.78, 5) is 23.5. The van der Waals surface area contributed by atoms with Crippen LogP contribution >= 0.6 is 0 Å². The van der Waals surface area contributed by atoms with Gasteiger partial charge in [0, 0.05) is 38.3 Å². The standard InChI is InChI=1S/C17H26N4O2/c1-13(2)3-7-21-8-4-14-16(19-12-18-14)17(21)5-9-20(10-6-17)11-15(22)23/h3,12H,4-11H2,1-2H3,(H,18,19)(H,22,23).